The Bertz CT molecular complexity index is 849. The molecule has 0 aromatic heterocycles. The van der Waals surface area contributed by atoms with Crippen LogP contribution in [0.3, 0.4) is 0 Å². The zero-order valence-electron chi connectivity index (χ0n) is 16.1. The van der Waals surface area contributed by atoms with Crippen LogP contribution in [0.2, 0.25) is 0 Å². The largest absolute Gasteiger partial charge is 0.508 e. The van der Waals surface area contributed by atoms with Gasteiger partial charge in [-0.05, 0) is 36.6 Å². The van der Waals surface area contributed by atoms with Crippen LogP contribution in [0.25, 0.3) is 11.1 Å². The first-order chi connectivity index (χ1) is 13.7. The van der Waals surface area contributed by atoms with Gasteiger partial charge in [-0.3, -0.25) is 0 Å². The summed E-state index contributed by atoms with van der Waals surface area (Å²) in [7, 11) is -1.11. The average molecular weight is 412 g/mol. The Kier molecular flexibility index (Phi) is 7.93. The Hall–Kier alpha value is -1.84. The molecule has 0 amide bonds. The smallest absolute Gasteiger partial charge is 0.238 e. The Morgan fingerprint density at radius 3 is 1.96 bits per heavy atom. The fourth-order valence-corrected chi connectivity index (χ4v) is 6.48. The lowest BCUT2D eigenvalue weighted by molar-refractivity contribution is 0.283. The fraction of sp³-hybridized carbons (Fsp3) is 0.217. The monoisotopic (exact) mass is 412 g/mol. The number of aromatic hydroxyl groups is 1. The van der Waals surface area contributed by atoms with Crippen molar-refractivity contribution in [2.45, 2.75) is 19.1 Å². The van der Waals surface area contributed by atoms with E-state index in [2.05, 4.69) is 36.4 Å². The van der Waals surface area contributed by atoms with E-state index in [9.17, 15) is 5.11 Å². The summed E-state index contributed by atoms with van der Waals surface area (Å²) in [5.74, 6) is 0.287. The summed E-state index contributed by atoms with van der Waals surface area (Å²) >= 11 is 1.62. The van der Waals surface area contributed by atoms with Crippen molar-refractivity contribution < 1.29 is 14.2 Å². The van der Waals surface area contributed by atoms with E-state index >= 15 is 0 Å². The number of hydrogen-bond donors (Lipinski definition) is 1. The molecule has 1 unspecified atom stereocenters. The van der Waals surface area contributed by atoms with Gasteiger partial charge in [0.05, 0.1) is 18.5 Å². The van der Waals surface area contributed by atoms with E-state index in [-0.39, 0.29) is 11.0 Å². The molecule has 3 aromatic rings. The van der Waals surface area contributed by atoms with Crippen molar-refractivity contribution in [1.82, 2.24) is 0 Å². The van der Waals surface area contributed by atoms with Gasteiger partial charge in [0.15, 0.2) is 0 Å². The van der Waals surface area contributed by atoms with Gasteiger partial charge in [0.1, 0.15) is 5.75 Å². The van der Waals surface area contributed by atoms with Crippen molar-refractivity contribution in [2.24, 2.45) is 0 Å². The van der Waals surface area contributed by atoms with Gasteiger partial charge >= 0.3 is 0 Å². The maximum absolute atomic E-state index is 10.5. The molecule has 0 aliphatic carbocycles. The van der Waals surface area contributed by atoms with E-state index in [1.54, 1.807) is 17.4 Å². The maximum Gasteiger partial charge on any atom is 0.238 e. The zero-order valence-corrected chi connectivity index (χ0v) is 17.8. The SMILES string of the molecule is CCOP(OCC)SC(c1ccc(-c2ccccc2)cc1)c1ccccc1O. The molecule has 3 nitrogen and oxygen atoms in total. The Morgan fingerprint density at radius 2 is 1.36 bits per heavy atom. The molecule has 0 spiro atoms. The van der Waals surface area contributed by atoms with E-state index in [4.69, 9.17) is 9.05 Å². The predicted molar refractivity (Wildman–Crippen MR) is 120 cm³/mol. The highest BCUT2D eigenvalue weighted by molar-refractivity contribution is 8.53. The van der Waals surface area contributed by atoms with Crippen LogP contribution in [0.5, 0.6) is 5.75 Å². The van der Waals surface area contributed by atoms with Crippen LogP contribution in [0.15, 0.2) is 78.9 Å². The van der Waals surface area contributed by atoms with Gasteiger partial charge < -0.3 is 14.2 Å². The second-order valence-corrected chi connectivity index (χ2v) is 9.26. The van der Waals surface area contributed by atoms with Crippen molar-refractivity contribution in [3.8, 4) is 16.9 Å². The molecule has 5 heteroatoms. The number of para-hydroxylation sites is 1. The summed E-state index contributed by atoms with van der Waals surface area (Å²) in [5.41, 5.74) is 4.33. The van der Waals surface area contributed by atoms with Gasteiger partial charge in [-0.1, -0.05) is 84.2 Å². The molecule has 3 aromatic carbocycles. The van der Waals surface area contributed by atoms with Crippen LogP contribution in [0, 0.1) is 0 Å². The van der Waals surface area contributed by atoms with Gasteiger partial charge in [0.2, 0.25) is 7.58 Å². The average Bonchev–Trinajstić information content (AvgIpc) is 2.74. The second kappa shape index (κ2) is 10.6. The van der Waals surface area contributed by atoms with Gasteiger partial charge in [0.25, 0.3) is 0 Å². The van der Waals surface area contributed by atoms with Gasteiger partial charge in [0, 0.05) is 5.56 Å². The first-order valence-corrected chi connectivity index (χ1v) is 12.0. The molecule has 0 aliphatic heterocycles. The van der Waals surface area contributed by atoms with Gasteiger partial charge in [-0.2, -0.15) is 0 Å². The number of rotatable bonds is 9. The Balaban J connectivity index is 1.93. The standard InChI is InChI=1S/C23H25O3PS/c1-3-25-27(26-4-2)28-23(21-12-8-9-13-22(21)24)20-16-14-19(15-17-20)18-10-6-5-7-11-18/h5-17,23-24H,3-4H2,1-2H3. The minimum absolute atomic E-state index is 0.0739. The van der Waals surface area contributed by atoms with E-state index in [0.29, 0.717) is 13.2 Å². The summed E-state index contributed by atoms with van der Waals surface area (Å²) in [5, 5.41) is 10.4. The fourth-order valence-electron chi connectivity index (χ4n) is 2.88. The topological polar surface area (TPSA) is 38.7 Å². The summed E-state index contributed by atoms with van der Waals surface area (Å²) in [6.07, 6.45) is 0. The second-order valence-electron chi connectivity index (χ2n) is 6.09. The lowest BCUT2D eigenvalue weighted by Crippen LogP contribution is -1.99. The summed E-state index contributed by atoms with van der Waals surface area (Å²) < 4.78 is 11.6. The number of benzene rings is 3. The Labute approximate surface area is 172 Å². The molecular formula is C23H25O3PS. The summed E-state index contributed by atoms with van der Waals surface area (Å²) in [6.45, 7) is 5.13. The molecule has 146 valence electrons. The molecule has 0 aliphatic rings. The minimum atomic E-state index is -1.11. The van der Waals surface area contributed by atoms with E-state index in [1.807, 2.05) is 50.2 Å². The van der Waals surface area contributed by atoms with E-state index in [1.165, 1.54) is 11.1 Å². The molecule has 3 rings (SSSR count). The van der Waals surface area contributed by atoms with Crippen LogP contribution < -0.4 is 0 Å². The van der Waals surface area contributed by atoms with Crippen LogP contribution in [0.4, 0.5) is 0 Å². The normalized spacial score (nSPS) is 12.2. The third-order valence-corrected chi connectivity index (χ3v) is 7.83. The molecule has 1 N–H and O–H groups in total. The number of hydrogen-bond acceptors (Lipinski definition) is 4. The zero-order chi connectivity index (χ0) is 19.8. The molecular weight excluding hydrogens is 387 g/mol. The molecule has 28 heavy (non-hydrogen) atoms. The third-order valence-electron chi connectivity index (χ3n) is 4.20. The van der Waals surface area contributed by atoms with Crippen molar-refractivity contribution >= 4 is 19.0 Å². The number of phenolic OH excluding ortho intramolecular Hbond substituents is 1. The van der Waals surface area contributed by atoms with Gasteiger partial charge in [-0.15, -0.1) is 0 Å². The van der Waals surface area contributed by atoms with Crippen LogP contribution >= 0.6 is 19.0 Å². The van der Waals surface area contributed by atoms with E-state index in [0.717, 1.165) is 11.1 Å². The lowest BCUT2D eigenvalue weighted by atomic mass is 9.99. The van der Waals surface area contributed by atoms with Crippen molar-refractivity contribution in [1.29, 1.82) is 0 Å². The maximum atomic E-state index is 10.5. The molecule has 0 saturated carbocycles. The predicted octanol–water partition coefficient (Wildman–Crippen LogP) is 7.18. The number of phenols is 1. The summed E-state index contributed by atoms with van der Waals surface area (Å²) in [6, 6.07) is 26.3. The molecule has 1 atom stereocenters. The first-order valence-electron chi connectivity index (χ1n) is 9.39. The lowest BCUT2D eigenvalue weighted by Gasteiger charge is -2.23. The highest BCUT2D eigenvalue weighted by Gasteiger charge is 2.24. The minimum Gasteiger partial charge on any atom is -0.508 e. The molecule has 0 saturated heterocycles. The quantitative estimate of drug-likeness (QED) is 0.378. The Morgan fingerprint density at radius 1 is 0.786 bits per heavy atom. The van der Waals surface area contributed by atoms with Crippen molar-refractivity contribution in [3.63, 3.8) is 0 Å². The van der Waals surface area contributed by atoms with Gasteiger partial charge in [-0.25, -0.2) is 0 Å². The summed E-state index contributed by atoms with van der Waals surface area (Å²) in [4.78, 5) is 0. The van der Waals surface area contributed by atoms with Crippen LogP contribution in [-0.2, 0) is 9.05 Å². The van der Waals surface area contributed by atoms with Crippen molar-refractivity contribution in [3.05, 3.63) is 90.0 Å². The molecule has 0 bridgehead atoms. The van der Waals surface area contributed by atoms with E-state index < -0.39 is 7.58 Å². The third kappa shape index (κ3) is 5.36. The van der Waals surface area contributed by atoms with Crippen LogP contribution in [-0.4, -0.2) is 18.3 Å². The molecule has 0 radical (unpaired) electrons. The highest BCUT2D eigenvalue weighted by Crippen LogP contribution is 2.60. The molecule has 0 heterocycles. The van der Waals surface area contributed by atoms with Crippen molar-refractivity contribution in [2.75, 3.05) is 13.2 Å². The van der Waals surface area contributed by atoms with Crippen LogP contribution in [0.1, 0.15) is 30.2 Å². The first kappa shape index (κ1) is 20.9. The highest BCUT2D eigenvalue weighted by atomic mass is 32.7. The molecule has 0 fully saturated rings.